The van der Waals surface area contributed by atoms with E-state index in [0.29, 0.717) is 10.7 Å². The number of thiazole rings is 1. The fraction of sp³-hybridized carbons (Fsp3) is 0.355. The number of esters is 1. The summed E-state index contributed by atoms with van der Waals surface area (Å²) in [5.74, 6) is -3.77. The first-order chi connectivity index (χ1) is 21.0. The Labute approximate surface area is 265 Å². The Kier molecular flexibility index (Phi) is 13.2. The number of carbonyl (C=O) groups excluding carboxylic acids is 3. The molecule has 0 unspecified atom stereocenters. The van der Waals surface area contributed by atoms with Gasteiger partial charge in [0.2, 0.25) is 0 Å². The number of quaternary nitrogens is 1. The fourth-order valence-corrected chi connectivity index (χ4v) is 9.99. The Balaban J connectivity index is 0.000000900. The number of ether oxygens (including phenoxy) is 1. The Morgan fingerprint density at radius 1 is 1.04 bits per heavy atom. The van der Waals surface area contributed by atoms with E-state index in [2.05, 4.69) is 61.1 Å². The number of nitrogens with zero attached hydrogens (tertiary/aromatic N) is 1. The van der Waals surface area contributed by atoms with Crippen LogP contribution in [0.5, 0.6) is 0 Å². The number of benzene rings is 2. The van der Waals surface area contributed by atoms with Crippen LogP contribution in [0.4, 0.5) is 13.2 Å². The number of nitrogens with one attached hydrogen (secondary N) is 1. The number of carboxylic acid groups (broad SMARTS) is 1. The SMILES string of the molecule is C/C=C(\NC(=O)[C@@H]([NH3+])[C@@H](C)O[Si](c1ccccc1)(c1ccccc1)C(C)(C)C)c1nc(C(=O)OCC)cs1.O=C([O-])C(F)(F)F. The standard InChI is InChI=1S/C29H37N3O4SSi.C2HF3O2/c1-7-23(27-32-24(19-37-27)28(34)35-8-2)31-26(33)25(30)20(3)36-38(29(4,5)6,21-15-11-9-12-16-21)22-17-13-10-14-18-22;3-2(4,5)1(6)7/h7,9-20,25H,8,30H2,1-6H3,(H,31,33);(H,6,7)/b23-7-;/t20-,25+;/m1./s1. The van der Waals surface area contributed by atoms with Gasteiger partial charge in [0.05, 0.1) is 12.3 Å². The summed E-state index contributed by atoms with van der Waals surface area (Å²) in [5.41, 5.74) is 4.93. The molecule has 45 heavy (non-hydrogen) atoms. The van der Waals surface area contributed by atoms with Crippen molar-refractivity contribution >= 4 is 53.6 Å². The lowest BCUT2D eigenvalue weighted by Crippen LogP contribution is -2.76. The summed E-state index contributed by atoms with van der Waals surface area (Å²) >= 11 is 1.27. The number of aromatic nitrogens is 1. The number of alkyl halides is 3. The van der Waals surface area contributed by atoms with E-state index in [1.54, 1.807) is 25.3 Å². The monoisotopic (exact) mass is 665 g/mol. The normalized spacial score (nSPS) is 13.6. The molecule has 0 aliphatic heterocycles. The van der Waals surface area contributed by atoms with Crippen molar-refractivity contribution in [3.05, 3.63) is 82.8 Å². The minimum atomic E-state index is -5.19. The van der Waals surface area contributed by atoms with Crippen molar-refractivity contribution in [1.82, 2.24) is 10.3 Å². The highest BCUT2D eigenvalue weighted by Crippen LogP contribution is 2.37. The molecule has 1 amide bonds. The van der Waals surface area contributed by atoms with E-state index in [0.717, 1.165) is 10.4 Å². The summed E-state index contributed by atoms with van der Waals surface area (Å²) in [4.78, 5) is 38.5. The third-order valence-electron chi connectivity index (χ3n) is 6.68. The minimum absolute atomic E-state index is 0.218. The maximum absolute atomic E-state index is 13.4. The zero-order valence-electron chi connectivity index (χ0n) is 25.9. The van der Waals surface area contributed by atoms with Crippen molar-refractivity contribution in [3.8, 4) is 0 Å². The maximum Gasteiger partial charge on any atom is 0.430 e. The van der Waals surface area contributed by atoms with Gasteiger partial charge in [-0.15, -0.1) is 11.3 Å². The van der Waals surface area contributed by atoms with Crippen LogP contribution in [0.2, 0.25) is 5.04 Å². The van der Waals surface area contributed by atoms with Crippen LogP contribution in [0.1, 0.15) is 57.0 Å². The van der Waals surface area contributed by atoms with Crippen LogP contribution >= 0.6 is 11.3 Å². The predicted molar refractivity (Wildman–Crippen MR) is 166 cm³/mol. The summed E-state index contributed by atoms with van der Waals surface area (Å²) in [5, 5.41) is 15.9. The molecule has 1 heterocycles. The van der Waals surface area contributed by atoms with Gasteiger partial charge in [0.15, 0.2) is 11.7 Å². The first-order valence-electron chi connectivity index (χ1n) is 14.0. The van der Waals surface area contributed by atoms with Crippen LogP contribution < -0.4 is 26.5 Å². The van der Waals surface area contributed by atoms with Crippen LogP contribution in [-0.4, -0.2) is 56.1 Å². The molecular weight excluding hydrogens is 628 g/mol. The van der Waals surface area contributed by atoms with Crippen molar-refractivity contribution in [2.45, 2.75) is 64.9 Å². The fourth-order valence-electron chi connectivity index (χ4n) is 4.44. The Morgan fingerprint density at radius 3 is 1.93 bits per heavy atom. The predicted octanol–water partition coefficient (Wildman–Crippen LogP) is 2.67. The summed E-state index contributed by atoms with van der Waals surface area (Å²) in [6, 6.07) is 19.9. The van der Waals surface area contributed by atoms with Gasteiger partial charge in [-0.05, 0) is 36.2 Å². The number of aliphatic carboxylic acids is 1. The summed E-state index contributed by atoms with van der Waals surface area (Å²) in [6.07, 6.45) is -3.92. The highest BCUT2D eigenvalue weighted by Gasteiger charge is 2.52. The Bertz CT molecular complexity index is 1420. The van der Waals surface area contributed by atoms with E-state index in [1.807, 2.05) is 43.3 Å². The molecule has 0 aliphatic carbocycles. The number of amides is 1. The molecule has 0 spiro atoms. The molecule has 0 saturated heterocycles. The number of halogens is 3. The number of rotatable bonds is 10. The third kappa shape index (κ3) is 9.57. The van der Waals surface area contributed by atoms with Crippen molar-refractivity contribution in [3.63, 3.8) is 0 Å². The lowest BCUT2D eigenvalue weighted by Gasteiger charge is -2.44. The highest BCUT2D eigenvalue weighted by molar-refractivity contribution is 7.11. The van der Waals surface area contributed by atoms with Gasteiger partial charge in [0.1, 0.15) is 17.1 Å². The average Bonchev–Trinajstić information content (AvgIpc) is 3.48. The summed E-state index contributed by atoms with van der Waals surface area (Å²) in [6.45, 7) is 12.3. The van der Waals surface area contributed by atoms with Gasteiger partial charge < -0.3 is 30.1 Å². The van der Waals surface area contributed by atoms with Gasteiger partial charge in [-0.2, -0.15) is 13.2 Å². The zero-order chi connectivity index (χ0) is 34.0. The van der Waals surface area contributed by atoms with E-state index in [4.69, 9.17) is 19.1 Å². The molecule has 1 aromatic heterocycles. The van der Waals surface area contributed by atoms with Gasteiger partial charge in [-0.3, -0.25) is 4.79 Å². The van der Waals surface area contributed by atoms with Crippen LogP contribution in [0.3, 0.4) is 0 Å². The number of hydrogen-bond donors (Lipinski definition) is 2. The molecule has 14 heteroatoms. The van der Waals surface area contributed by atoms with Crippen LogP contribution in [0.15, 0.2) is 72.1 Å². The molecule has 2 atom stereocenters. The van der Waals surface area contributed by atoms with Crippen LogP contribution in [0.25, 0.3) is 5.70 Å². The van der Waals surface area contributed by atoms with E-state index in [1.165, 1.54) is 11.3 Å². The molecule has 244 valence electrons. The van der Waals surface area contributed by atoms with Gasteiger partial charge in [0, 0.05) is 5.38 Å². The molecule has 9 nitrogen and oxygen atoms in total. The van der Waals surface area contributed by atoms with Crippen molar-refractivity contribution in [2.75, 3.05) is 6.61 Å². The van der Waals surface area contributed by atoms with E-state index >= 15 is 0 Å². The second-order valence-electron chi connectivity index (χ2n) is 10.8. The summed E-state index contributed by atoms with van der Waals surface area (Å²) < 4.78 is 43.6. The molecule has 0 bridgehead atoms. The molecule has 4 N–H and O–H groups in total. The van der Waals surface area contributed by atoms with Crippen molar-refractivity contribution in [1.29, 1.82) is 0 Å². The van der Waals surface area contributed by atoms with Gasteiger partial charge in [-0.25, -0.2) is 9.78 Å². The first kappa shape index (κ1) is 37.3. The van der Waals surface area contributed by atoms with Crippen molar-refractivity contribution in [2.24, 2.45) is 0 Å². The van der Waals surface area contributed by atoms with E-state index in [9.17, 15) is 22.8 Å². The second kappa shape index (κ2) is 15.9. The first-order valence-corrected chi connectivity index (χ1v) is 16.8. The van der Waals surface area contributed by atoms with Gasteiger partial charge in [0.25, 0.3) is 14.2 Å². The molecule has 0 radical (unpaired) electrons. The number of hydrogen-bond acceptors (Lipinski definition) is 8. The largest absolute Gasteiger partial charge is 0.542 e. The lowest BCUT2D eigenvalue weighted by atomic mass is 10.2. The van der Waals surface area contributed by atoms with Crippen LogP contribution in [0, 0.1) is 0 Å². The maximum atomic E-state index is 13.4. The molecule has 0 saturated carbocycles. The molecule has 3 rings (SSSR count). The molecular formula is C31H38F3N3O6SSi. The van der Waals surface area contributed by atoms with Gasteiger partial charge >= 0.3 is 12.1 Å². The van der Waals surface area contributed by atoms with Crippen molar-refractivity contribution < 1.29 is 47.6 Å². The van der Waals surface area contributed by atoms with E-state index < -0.39 is 38.6 Å². The smallest absolute Gasteiger partial charge is 0.430 e. The Morgan fingerprint density at radius 2 is 1.53 bits per heavy atom. The van der Waals surface area contributed by atoms with E-state index in [-0.39, 0.29) is 23.2 Å². The molecule has 3 aromatic rings. The number of carbonyl (C=O) groups is 3. The molecule has 0 fully saturated rings. The number of carboxylic acids is 1. The quantitative estimate of drug-likeness (QED) is 0.250. The third-order valence-corrected chi connectivity index (χ3v) is 12.7. The average molecular weight is 666 g/mol. The lowest BCUT2D eigenvalue weighted by molar-refractivity contribution is -0.417. The highest BCUT2D eigenvalue weighted by atomic mass is 32.1. The zero-order valence-corrected chi connectivity index (χ0v) is 27.8. The molecule has 2 aromatic carbocycles. The summed E-state index contributed by atoms with van der Waals surface area (Å²) in [7, 11) is -2.85. The van der Waals surface area contributed by atoms with Crippen LogP contribution in [-0.2, 0) is 18.8 Å². The topological polar surface area (TPSA) is 145 Å². The van der Waals surface area contributed by atoms with Gasteiger partial charge in [-0.1, -0.05) is 87.5 Å². The Hall–Kier alpha value is -3.85. The number of allylic oxidation sites excluding steroid dienone is 1. The molecule has 0 aliphatic rings. The second-order valence-corrected chi connectivity index (χ2v) is 15.9. The minimum Gasteiger partial charge on any atom is -0.542 e.